The number of aryl methyl sites for hydroxylation is 1. The third-order valence-electron chi connectivity index (χ3n) is 3.70. The van der Waals surface area contributed by atoms with Crippen molar-refractivity contribution >= 4 is 21.6 Å². The van der Waals surface area contributed by atoms with Gasteiger partial charge >= 0.3 is 0 Å². The number of nitrogens with one attached hydrogen (secondary N) is 1. The first-order valence-electron chi connectivity index (χ1n) is 7.93. The minimum atomic E-state index is -3.77. The van der Waals surface area contributed by atoms with E-state index in [9.17, 15) is 17.6 Å². The highest BCUT2D eigenvalue weighted by Crippen LogP contribution is 2.29. The van der Waals surface area contributed by atoms with Crippen molar-refractivity contribution in [3.8, 4) is 5.75 Å². The van der Waals surface area contributed by atoms with Gasteiger partial charge in [-0.05, 0) is 49.7 Å². The number of sulfonamides is 1. The van der Waals surface area contributed by atoms with Gasteiger partial charge in [-0.15, -0.1) is 0 Å². The van der Waals surface area contributed by atoms with Crippen LogP contribution in [0.3, 0.4) is 0 Å². The third kappa shape index (κ3) is 4.20. The van der Waals surface area contributed by atoms with Crippen molar-refractivity contribution in [2.75, 3.05) is 26.0 Å². The number of carbonyl (C=O) groups is 1. The van der Waals surface area contributed by atoms with Gasteiger partial charge < -0.3 is 10.1 Å². The molecule has 0 bridgehead atoms. The largest absolute Gasteiger partial charge is 0.492 e. The first-order chi connectivity index (χ1) is 12.2. The fraction of sp³-hybridized carbons (Fsp3) is 0.278. The van der Waals surface area contributed by atoms with Crippen LogP contribution in [0.25, 0.3) is 0 Å². The second kappa shape index (κ2) is 7.84. The van der Waals surface area contributed by atoms with E-state index in [4.69, 9.17) is 4.74 Å². The van der Waals surface area contributed by atoms with Gasteiger partial charge in [0.15, 0.2) is 0 Å². The average molecular weight is 380 g/mol. The number of carbonyl (C=O) groups excluding carboxylic acids is 1. The van der Waals surface area contributed by atoms with E-state index in [1.165, 1.54) is 44.4 Å². The molecule has 0 aliphatic rings. The summed E-state index contributed by atoms with van der Waals surface area (Å²) in [5.74, 6) is -0.858. The minimum absolute atomic E-state index is 0.0573. The van der Waals surface area contributed by atoms with Crippen molar-refractivity contribution in [1.29, 1.82) is 0 Å². The molecule has 0 saturated carbocycles. The van der Waals surface area contributed by atoms with Gasteiger partial charge in [0.05, 0.1) is 6.61 Å². The average Bonchev–Trinajstić information content (AvgIpc) is 2.58. The Balaban J connectivity index is 2.42. The summed E-state index contributed by atoms with van der Waals surface area (Å²) in [5.41, 5.74) is 1.05. The second-order valence-corrected chi connectivity index (χ2v) is 7.92. The van der Waals surface area contributed by atoms with E-state index in [0.29, 0.717) is 12.2 Å². The number of ether oxygens (including phenoxy) is 1. The molecule has 0 heterocycles. The van der Waals surface area contributed by atoms with E-state index in [1.807, 2.05) is 0 Å². The predicted octanol–water partition coefficient (Wildman–Crippen LogP) is 3.04. The van der Waals surface area contributed by atoms with Gasteiger partial charge in [0.1, 0.15) is 16.5 Å². The number of anilines is 1. The Morgan fingerprint density at radius 2 is 1.88 bits per heavy atom. The van der Waals surface area contributed by atoms with Crippen molar-refractivity contribution in [1.82, 2.24) is 4.31 Å². The summed E-state index contributed by atoms with van der Waals surface area (Å²) in [4.78, 5) is 12.4. The van der Waals surface area contributed by atoms with Crippen LogP contribution in [-0.2, 0) is 10.0 Å². The minimum Gasteiger partial charge on any atom is -0.492 e. The molecule has 26 heavy (non-hydrogen) atoms. The Kier molecular flexibility index (Phi) is 5.99. The first kappa shape index (κ1) is 19.9. The Bertz CT molecular complexity index is 927. The van der Waals surface area contributed by atoms with Gasteiger partial charge in [0.2, 0.25) is 10.0 Å². The highest BCUT2D eigenvalue weighted by molar-refractivity contribution is 7.89. The summed E-state index contributed by atoms with van der Waals surface area (Å²) in [7, 11) is -0.952. The van der Waals surface area contributed by atoms with Crippen molar-refractivity contribution in [3.05, 3.63) is 53.3 Å². The topological polar surface area (TPSA) is 75.7 Å². The first-order valence-corrected chi connectivity index (χ1v) is 9.37. The molecule has 2 aromatic carbocycles. The van der Waals surface area contributed by atoms with Crippen LogP contribution in [0.4, 0.5) is 10.1 Å². The van der Waals surface area contributed by atoms with Crippen molar-refractivity contribution in [2.24, 2.45) is 0 Å². The smallest absolute Gasteiger partial charge is 0.256 e. The van der Waals surface area contributed by atoms with E-state index in [1.54, 1.807) is 13.8 Å². The van der Waals surface area contributed by atoms with Crippen LogP contribution in [-0.4, -0.2) is 39.3 Å². The SMILES string of the molecule is CCOc1ccc(NC(=O)c2cc(F)ccc2C)cc1S(=O)(=O)N(C)C. The van der Waals surface area contributed by atoms with E-state index < -0.39 is 21.7 Å². The molecular formula is C18H21FN2O4S. The van der Waals surface area contributed by atoms with Gasteiger partial charge in [0.25, 0.3) is 5.91 Å². The van der Waals surface area contributed by atoms with Crippen LogP contribution in [0.5, 0.6) is 5.75 Å². The maximum Gasteiger partial charge on any atom is 0.256 e. The van der Waals surface area contributed by atoms with Gasteiger partial charge in [-0.25, -0.2) is 17.1 Å². The molecule has 2 rings (SSSR count). The summed E-state index contributed by atoms with van der Waals surface area (Å²) in [6, 6.07) is 8.25. The highest BCUT2D eigenvalue weighted by Gasteiger charge is 2.23. The van der Waals surface area contributed by atoms with E-state index in [0.717, 1.165) is 10.4 Å². The molecule has 0 atom stereocenters. The van der Waals surface area contributed by atoms with Crippen LogP contribution < -0.4 is 10.1 Å². The van der Waals surface area contributed by atoms with Crippen molar-refractivity contribution < 1.29 is 22.3 Å². The number of rotatable bonds is 6. The van der Waals surface area contributed by atoms with Crippen LogP contribution in [0.15, 0.2) is 41.3 Å². The lowest BCUT2D eigenvalue weighted by Crippen LogP contribution is -2.23. The highest BCUT2D eigenvalue weighted by atomic mass is 32.2. The lowest BCUT2D eigenvalue weighted by Gasteiger charge is -2.17. The maximum atomic E-state index is 13.4. The number of halogens is 1. The number of amides is 1. The molecule has 0 aromatic heterocycles. The summed E-state index contributed by atoms with van der Waals surface area (Å²) >= 11 is 0. The number of benzene rings is 2. The molecule has 8 heteroatoms. The van der Waals surface area contributed by atoms with Gasteiger partial charge in [-0.3, -0.25) is 4.79 Å². The van der Waals surface area contributed by atoms with E-state index in [-0.39, 0.29) is 21.9 Å². The zero-order valence-corrected chi connectivity index (χ0v) is 15.9. The van der Waals surface area contributed by atoms with Crippen molar-refractivity contribution in [2.45, 2.75) is 18.7 Å². The van der Waals surface area contributed by atoms with Crippen molar-refractivity contribution in [3.63, 3.8) is 0 Å². The Morgan fingerprint density at radius 1 is 1.19 bits per heavy atom. The van der Waals surface area contributed by atoms with Crippen LogP contribution in [0.1, 0.15) is 22.8 Å². The standard InChI is InChI=1S/C18H21FN2O4S/c1-5-25-16-9-8-14(11-17(16)26(23,24)21(3)4)20-18(22)15-10-13(19)7-6-12(15)2/h6-11H,5H2,1-4H3,(H,20,22). The Morgan fingerprint density at radius 3 is 2.50 bits per heavy atom. The van der Waals surface area contributed by atoms with Crippen LogP contribution in [0, 0.1) is 12.7 Å². The van der Waals surface area contributed by atoms with Crippen LogP contribution in [0.2, 0.25) is 0 Å². The predicted molar refractivity (Wildman–Crippen MR) is 97.6 cm³/mol. The van der Waals surface area contributed by atoms with Gasteiger partial charge in [-0.1, -0.05) is 6.07 Å². The van der Waals surface area contributed by atoms with E-state index in [2.05, 4.69) is 5.32 Å². The molecule has 6 nitrogen and oxygen atoms in total. The molecule has 140 valence electrons. The third-order valence-corrected chi connectivity index (χ3v) is 5.54. The molecule has 0 spiro atoms. The maximum absolute atomic E-state index is 13.4. The van der Waals surface area contributed by atoms with Gasteiger partial charge in [-0.2, -0.15) is 0 Å². The van der Waals surface area contributed by atoms with E-state index >= 15 is 0 Å². The fourth-order valence-corrected chi connectivity index (χ4v) is 3.35. The summed E-state index contributed by atoms with van der Waals surface area (Å²) in [6.07, 6.45) is 0. The number of hydrogen-bond acceptors (Lipinski definition) is 4. The summed E-state index contributed by atoms with van der Waals surface area (Å²) in [6.45, 7) is 3.73. The molecule has 0 aliphatic heterocycles. The van der Waals surface area contributed by atoms with Gasteiger partial charge in [0, 0.05) is 25.3 Å². The Labute approximate surface area is 152 Å². The molecule has 0 radical (unpaired) electrons. The monoisotopic (exact) mass is 380 g/mol. The molecule has 1 amide bonds. The second-order valence-electron chi connectivity index (χ2n) is 5.80. The fourth-order valence-electron chi connectivity index (χ4n) is 2.30. The molecule has 0 unspecified atom stereocenters. The summed E-state index contributed by atoms with van der Waals surface area (Å²) < 4.78 is 44.9. The molecule has 0 saturated heterocycles. The number of hydrogen-bond donors (Lipinski definition) is 1. The zero-order chi connectivity index (χ0) is 19.5. The Hall–Kier alpha value is -2.45. The molecule has 2 aromatic rings. The molecule has 1 N–H and O–H groups in total. The molecule has 0 fully saturated rings. The lowest BCUT2D eigenvalue weighted by atomic mass is 10.1. The lowest BCUT2D eigenvalue weighted by molar-refractivity contribution is 0.102. The molecular weight excluding hydrogens is 359 g/mol. The normalized spacial score (nSPS) is 11.5. The molecule has 0 aliphatic carbocycles. The van der Waals surface area contributed by atoms with Crippen LogP contribution >= 0.6 is 0 Å². The zero-order valence-electron chi connectivity index (χ0n) is 15.0. The quantitative estimate of drug-likeness (QED) is 0.836. The number of nitrogens with zero attached hydrogens (tertiary/aromatic N) is 1. The summed E-state index contributed by atoms with van der Waals surface area (Å²) in [5, 5.41) is 2.60.